The van der Waals surface area contributed by atoms with Crippen LogP contribution in [-0.4, -0.2) is 15.4 Å². The molecule has 20 heavy (non-hydrogen) atoms. The van der Waals surface area contributed by atoms with Gasteiger partial charge in [-0.3, -0.25) is 14.9 Å². The summed E-state index contributed by atoms with van der Waals surface area (Å²) in [6, 6.07) is 5.75. The van der Waals surface area contributed by atoms with Gasteiger partial charge < -0.3 is 9.88 Å². The summed E-state index contributed by atoms with van der Waals surface area (Å²) in [5.74, 6) is -0.525. The van der Waals surface area contributed by atoms with Crippen LogP contribution in [0.25, 0.3) is 0 Å². The quantitative estimate of drug-likeness (QED) is 0.695. The number of hydrogen-bond donors (Lipinski definition) is 1. The molecule has 0 aliphatic rings. The number of nitro groups is 1. The van der Waals surface area contributed by atoms with Crippen LogP contribution < -0.4 is 5.32 Å². The first kappa shape index (κ1) is 14.1. The molecule has 1 aromatic carbocycles. The molecule has 0 saturated carbocycles. The number of nitrogens with one attached hydrogen (secondary N) is 1. The maximum atomic E-state index is 12.0. The smallest absolute Gasteiger partial charge is 0.282 e. The number of hydrogen-bond acceptors (Lipinski definition) is 3. The third-order valence-electron chi connectivity index (χ3n) is 2.75. The summed E-state index contributed by atoms with van der Waals surface area (Å²) in [4.78, 5) is 22.3. The summed E-state index contributed by atoms with van der Waals surface area (Å²) in [7, 11) is 1.87. The molecule has 2 aromatic rings. The van der Waals surface area contributed by atoms with Gasteiger partial charge in [0.25, 0.3) is 11.6 Å². The van der Waals surface area contributed by atoms with E-state index in [4.69, 9.17) is 11.6 Å². The summed E-state index contributed by atoms with van der Waals surface area (Å²) in [6.07, 6.45) is 3.70. The number of nitro benzene ring substituents is 1. The van der Waals surface area contributed by atoms with Gasteiger partial charge in [-0.15, -0.1) is 0 Å². The summed E-state index contributed by atoms with van der Waals surface area (Å²) < 4.78 is 1.85. The van der Waals surface area contributed by atoms with Crippen LogP contribution in [0.1, 0.15) is 15.9 Å². The van der Waals surface area contributed by atoms with Crippen molar-refractivity contribution in [3.63, 3.8) is 0 Å². The Kier molecular flexibility index (Phi) is 4.05. The second-order valence-electron chi connectivity index (χ2n) is 4.29. The molecule has 0 fully saturated rings. The van der Waals surface area contributed by atoms with Crippen molar-refractivity contribution in [2.75, 3.05) is 0 Å². The van der Waals surface area contributed by atoms with Crippen LogP contribution in [0, 0.1) is 10.1 Å². The molecule has 1 aromatic heterocycles. The lowest BCUT2D eigenvalue weighted by molar-refractivity contribution is -0.385. The molecule has 0 bridgehead atoms. The Hall–Kier alpha value is -2.34. The first-order chi connectivity index (χ1) is 9.47. The zero-order valence-electron chi connectivity index (χ0n) is 10.7. The first-order valence-corrected chi connectivity index (χ1v) is 6.18. The lowest BCUT2D eigenvalue weighted by Gasteiger charge is -2.05. The molecule has 0 aliphatic carbocycles. The van der Waals surface area contributed by atoms with Gasteiger partial charge in [-0.1, -0.05) is 11.6 Å². The molecule has 2 rings (SSSR count). The predicted octanol–water partition coefficient (Wildman–Crippen LogP) is 2.52. The van der Waals surface area contributed by atoms with E-state index >= 15 is 0 Å². The zero-order valence-corrected chi connectivity index (χ0v) is 11.4. The fourth-order valence-corrected chi connectivity index (χ4v) is 1.96. The minimum absolute atomic E-state index is 0.0431. The minimum Gasteiger partial charge on any atom is -0.357 e. The van der Waals surface area contributed by atoms with Crippen molar-refractivity contribution < 1.29 is 9.72 Å². The van der Waals surface area contributed by atoms with E-state index in [2.05, 4.69) is 5.32 Å². The second kappa shape index (κ2) is 5.75. The van der Waals surface area contributed by atoms with Gasteiger partial charge in [0.2, 0.25) is 0 Å². The van der Waals surface area contributed by atoms with Crippen LogP contribution in [0.5, 0.6) is 0 Å². The van der Waals surface area contributed by atoms with E-state index in [1.807, 2.05) is 30.1 Å². The number of carbonyl (C=O) groups is 1. The van der Waals surface area contributed by atoms with Gasteiger partial charge in [0.1, 0.15) is 5.56 Å². The summed E-state index contributed by atoms with van der Waals surface area (Å²) in [5.41, 5.74) is 0.601. The van der Waals surface area contributed by atoms with Gasteiger partial charge in [-0.05, 0) is 23.8 Å². The van der Waals surface area contributed by atoms with Gasteiger partial charge in [0.15, 0.2) is 0 Å². The number of halogens is 1. The Bertz CT molecular complexity index is 667. The summed E-state index contributed by atoms with van der Waals surface area (Å²) in [6.45, 7) is 0.295. The molecule has 0 aliphatic heterocycles. The number of carbonyl (C=O) groups excluding carboxylic acids is 1. The van der Waals surface area contributed by atoms with Crippen LogP contribution in [0.15, 0.2) is 36.7 Å². The molecule has 0 radical (unpaired) electrons. The Morgan fingerprint density at radius 1 is 1.45 bits per heavy atom. The lowest BCUT2D eigenvalue weighted by atomic mass is 10.1. The maximum absolute atomic E-state index is 12.0. The van der Waals surface area contributed by atoms with Crippen molar-refractivity contribution in [3.05, 3.63) is 62.9 Å². The van der Waals surface area contributed by atoms with Crippen LogP contribution in [0.4, 0.5) is 5.69 Å². The molecule has 7 heteroatoms. The average molecular weight is 294 g/mol. The molecule has 1 heterocycles. The number of aryl methyl sites for hydroxylation is 1. The molecule has 1 N–H and O–H groups in total. The van der Waals surface area contributed by atoms with E-state index in [1.165, 1.54) is 18.2 Å². The van der Waals surface area contributed by atoms with Crippen molar-refractivity contribution in [2.45, 2.75) is 6.54 Å². The molecular formula is C13H12ClN3O3. The Balaban J connectivity index is 2.16. The van der Waals surface area contributed by atoms with Gasteiger partial charge in [-0.2, -0.15) is 0 Å². The minimum atomic E-state index is -0.603. The van der Waals surface area contributed by atoms with Crippen molar-refractivity contribution in [2.24, 2.45) is 7.05 Å². The Morgan fingerprint density at radius 2 is 2.20 bits per heavy atom. The van der Waals surface area contributed by atoms with Crippen molar-refractivity contribution >= 4 is 23.2 Å². The fourth-order valence-electron chi connectivity index (χ4n) is 1.79. The number of rotatable bonds is 4. The molecule has 104 valence electrons. The van der Waals surface area contributed by atoms with Crippen molar-refractivity contribution in [3.8, 4) is 0 Å². The molecule has 0 atom stereocenters. The van der Waals surface area contributed by atoms with Crippen LogP contribution in [-0.2, 0) is 13.6 Å². The maximum Gasteiger partial charge on any atom is 0.282 e. The van der Waals surface area contributed by atoms with Gasteiger partial charge in [0, 0.05) is 37.1 Å². The third-order valence-corrected chi connectivity index (χ3v) is 2.98. The molecule has 1 amide bonds. The van der Waals surface area contributed by atoms with E-state index in [9.17, 15) is 14.9 Å². The molecule has 0 unspecified atom stereocenters. The third kappa shape index (κ3) is 3.16. The highest BCUT2D eigenvalue weighted by Gasteiger charge is 2.20. The van der Waals surface area contributed by atoms with Crippen molar-refractivity contribution in [1.29, 1.82) is 0 Å². The SMILES string of the molecule is Cn1ccc(CNC(=O)c2cc(Cl)ccc2[N+](=O)[O-])c1. The van der Waals surface area contributed by atoms with Gasteiger partial charge in [0.05, 0.1) is 4.92 Å². The Morgan fingerprint density at radius 3 is 2.80 bits per heavy atom. The molecule has 0 spiro atoms. The van der Waals surface area contributed by atoms with E-state index in [0.717, 1.165) is 5.56 Å². The Labute approximate surface area is 120 Å². The molecule has 6 nitrogen and oxygen atoms in total. The highest BCUT2D eigenvalue weighted by atomic mass is 35.5. The molecular weight excluding hydrogens is 282 g/mol. The monoisotopic (exact) mass is 293 g/mol. The van der Waals surface area contributed by atoms with Gasteiger partial charge in [-0.25, -0.2) is 0 Å². The average Bonchev–Trinajstić information content (AvgIpc) is 2.81. The number of benzene rings is 1. The highest BCUT2D eigenvalue weighted by molar-refractivity contribution is 6.31. The largest absolute Gasteiger partial charge is 0.357 e. The number of aromatic nitrogens is 1. The van der Waals surface area contributed by atoms with Crippen LogP contribution in [0.3, 0.4) is 0 Å². The topological polar surface area (TPSA) is 77.2 Å². The van der Waals surface area contributed by atoms with E-state index in [0.29, 0.717) is 6.54 Å². The van der Waals surface area contributed by atoms with Crippen LogP contribution in [0.2, 0.25) is 5.02 Å². The first-order valence-electron chi connectivity index (χ1n) is 5.80. The van der Waals surface area contributed by atoms with Crippen LogP contribution >= 0.6 is 11.6 Å². The number of amides is 1. The summed E-state index contributed by atoms with van der Waals surface area (Å²) >= 11 is 5.78. The van der Waals surface area contributed by atoms with Crippen molar-refractivity contribution in [1.82, 2.24) is 9.88 Å². The van der Waals surface area contributed by atoms with E-state index in [1.54, 1.807) is 0 Å². The van der Waals surface area contributed by atoms with E-state index in [-0.39, 0.29) is 16.3 Å². The summed E-state index contributed by atoms with van der Waals surface area (Å²) in [5, 5.41) is 13.8. The second-order valence-corrected chi connectivity index (χ2v) is 4.72. The predicted molar refractivity (Wildman–Crippen MR) is 74.7 cm³/mol. The zero-order chi connectivity index (χ0) is 14.7. The standard InChI is InChI=1S/C13H12ClN3O3/c1-16-5-4-9(8-16)7-15-13(18)11-6-10(14)2-3-12(11)17(19)20/h2-6,8H,7H2,1H3,(H,15,18). The van der Waals surface area contributed by atoms with Gasteiger partial charge >= 0.3 is 0 Å². The fraction of sp³-hybridized carbons (Fsp3) is 0.154. The number of nitrogens with zero attached hydrogens (tertiary/aromatic N) is 2. The normalized spacial score (nSPS) is 10.3. The highest BCUT2D eigenvalue weighted by Crippen LogP contribution is 2.22. The van der Waals surface area contributed by atoms with E-state index < -0.39 is 10.8 Å². The molecule has 0 saturated heterocycles. The lowest BCUT2D eigenvalue weighted by Crippen LogP contribution is -2.23.